The first-order valence-electron chi connectivity index (χ1n) is 7.10. The average Bonchev–Trinajstić information content (AvgIpc) is 2.88. The Morgan fingerprint density at radius 3 is 2.62 bits per heavy atom. The van der Waals surface area contributed by atoms with Crippen molar-refractivity contribution in [2.45, 2.75) is 26.3 Å². The Kier molecular flexibility index (Phi) is 3.88. The first kappa shape index (κ1) is 14.0. The Morgan fingerprint density at radius 1 is 1.33 bits per heavy atom. The number of amides is 1. The molecule has 0 atom stereocenters. The molecule has 0 bridgehead atoms. The molecule has 1 aromatic heterocycles. The Hall–Kier alpha value is -1.95. The van der Waals surface area contributed by atoms with E-state index in [1.165, 1.54) is 5.56 Å². The molecule has 1 aliphatic heterocycles. The number of carbonyl (C=O) groups excluding carboxylic acids is 1. The summed E-state index contributed by atoms with van der Waals surface area (Å²) in [6.45, 7) is 5.65. The van der Waals surface area contributed by atoms with Crippen LogP contribution in [-0.4, -0.2) is 35.2 Å². The minimum atomic E-state index is -0.00394. The molecular weight excluding hydrogens is 284 g/mol. The van der Waals surface area contributed by atoms with E-state index >= 15 is 0 Å². The highest BCUT2D eigenvalue weighted by Crippen LogP contribution is 2.24. The van der Waals surface area contributed by atoms with Crippen molar-refractivity contribution in [2.24, 2.45) is 0 Å². The van der Waals surface area contributed by atoms with Gasteiger partial charge in [0.05, 0.1) is 6.04 Å². The maximum Gasteiger partial charge on any atom is 0.251 e. The van der Waals surface area contributed by atoms with Crippen molar-refractivity contribution in [1.29, 1.82) is 0 Å². The van der Waals surface area contributed by atoms with Crippen LogP contribution in [0.1, 0.15) is 27.9 Å². The number of aryl methyl sites for hydroxylation is 2. The standard InChI is InChI=1S/C15H18N4OS/c1-3-11-4-6-12(7-5-11)14(20)16-13-8-19(9-13)15-18-17-10(2)21-15/h4-7,13H,3,8-9H2,1-2H3,(H,16,20). The van der Waals surface area contributed by atoms with Gasteiger partial charge in [-0.05, 0) is 31.0 Å². The number of nitrogens with one attached hydrogen (secondary N) is 1. The lowest BCUT2D eigenvalue weighted by molar-refractivity contribution is 0.0930. The largest absolute Gasteiger partial charge is 0.346 e. The van der Waals surface area contributed by atoms with Crippen molar-refractivity contribution in [3.8, 4) is 0 Å². The van der Waals surface area contributed by atoms with Crippen molar-refractivity contribution < 1.29 is 4.79 Å². The molecule has 0 unspecified atom stereocenters. The van der Waals surface area contributed by atoms with Gasteiger partial charge in [-0.25, -0.2) is 0 Å². The van der Waals surface area contributed by atoms with Crippen LogP contribution >= 0.6 is 11.3 Å². The first-order chi connectivity index (χ1) is 10.2. The van der Waals surface area contributed by atoms with E-state index in [4.69, 9.17) is 0 Å². The quantitative estimate of drug-likeness (QED) is 0.939. The van der Waals surface area contributed by atoms with Gasteiger partial charge in [0.2, 0.25) is 5.13 Å². The summed E-state index contributed by atoms with van der Waals surface area (Å²) in [7, 11) is 0. The van der Waals surface area contributed by atoms with Gasteiger partial charge in [0, 0.05) is 18.7 Å². The van der Waals surface area contributed by atoms with Crippen LogP contribution in [0.25, 0.3) is 0 Å². The molecule has 1 N–H and O–H groups in total. The minimum Gasteiger partial charge on any atom is -0.346 e. The van der Waals surface area contributed by atoms with Gasteiger partial charge in [0.15, 0.2) is 0 Å². The van der Waals surface area contributed by atoms with Gasteiger partial charge in [0.25, 0.3) is 5.91 Å². The molecule has 1 amide bonds. The average molecular weight is 302 g/mol. The minimum absolute atomic E-state index is 0.00394. The lowest BCUT2D eigenvalue weighted by Crippen LogP contribution is -2.59. The normalized spacial score (nSPS) is 14.9. The van der Waals surface area contributed by atoms with Crippen LogP contribution in [0, 0.1) is 6.92 Å². The molecule has 0 spiro atoms. The molecule has 110 valence electrons. The number of benzene rings is 1. The molecule has 3 rings (SSSR count). The summed E-state index contributed by atoms with van der Waals surface area (Å²) in [6, 6.07) is 7.97. The fourth-order valence-electron chi connectivity index (χ4n) is 2.30. The van der Waals surface area contributed by atoms with E-state index in [0.717, 1.165) is 35.2 Å². The van der Waals surface area contributed by atoms with Crippen molar-refractivity contribution in [1.82, 2.24) is 15.5 Å². The zero-order valence-corrected chi connectivity index (χ0v) is 13.0. The SMILES string of the molecule is CCc1ccc(C(=O)NC2CN(c3nnc(C)s3)C2)cc1. The van der Waals surface area contributed by atoms with Crippen molar-refractivity contribution in [3.05, 3.63) is 40.4 Å². The fourth-order valence-corrected chi connectivity index (χ4v) is 3.01. The molecular formula is C15H18N4OS. The second-order valence-electron chi connectivity index (χ2n) is 5.23. The van der Waals surface area contributed by atoms with E-state index in [9.17, 15) is 4.79 Å². The number of hydrogen-bond donors (Lipinski definition) is 1. The van der Waals surface area contributed by atoms with Crippen molar-refractivity contribution >= 4 is 22.4 Å². The molecule has 0 aliphatic carbocycles. The maximum atomic E-state index is 12.1. The van der Waals surface area contributed by atoms with Crippen molar-refractivity contribution in [2.75, 3.05) is 18.0 Å². The van der Waals surface area contributed by atoms with Gasteiger partial charge in [-0.3, -0.25) is 4.79 Å². The number of nitrogens with zero attached hydrogens (tertiary/aromatic N) is 3. The lowest BCUT2D eigenvalue weighted by Gasteiger charge is -2.39. The molecule has 2 aromatic rings. The number of hydrogen-bond acceptors (Lipinski definition) is 5. The molecule has 0 saturated carbocycles. The lowest BCUT2D eigenvalue weighted by atomic mass is 10.1. The zero-order chi connectivity index (χ0) is 14.8. The van der Waals surface area contributed by atoms with Crippen molar-refractivity contribution in [3.63, 3.8) is 0 Å². The third-order valence-corrected chi connectivity index (χ3v) is 4.53. The Balaban J connectivity index is 1.52. The molecule has 1 aliphatic rings. The molecule has 21 heavy (non-hydrogen) atoms. The van der Waals surface area contributed by atoms with E-state index in [1.807, 2.05) is 31.2 Å². The predicted molar refractivity (Wildman–Crippen MR) is 83.9 cm³/mol. The van der Waals surface area contributed by atoms with Gasteiger partial charge in [-0.1, -0.05) is 30.4 Å². The third kappa shape index (κ3) is 3.05. The summed E-state index contributed by atoms with van der Waals surface area (Å²) >= 11 is 1.58. The number of aromatic nitrogens is 2. The van der Waals surface area contributed by atoms with Crippen LogP contribution in [0.15, 0.2) is 24.3 Å². The van der Waals surface area contributed by atoms with Crippen LogP contribution in [-0.2, 0) is 6.42 Å². The molecule has 5 nitrogen and oxygen atoms in total. The highest BCUT2D eigenvalue weighted by molar-refractivity contribution is 7.15. The molecule has 1 fully saturated rings. The smallest absolute Gasteiger partial charge is 0.251 e. The van der Waals surface area contributed by atoms with Crippen LogP contribution < -0.4 is 10.2 Å². The summed E-state index contributed by atoms with van der Waals surface area (Å²) in [5.74, 6) is -0.00394. The van der Waals surface area contributed by atoms with E-state index in [1.54, 1.807) is 11.3 Å². The van der Waals surface area contributed by atoms with Gasteiger partial charge in [0.1, 0.15) is 5.01 Å². The highest BCUT2D eigenvalue weighted by Gasteiger charge is 2.30. The first-order valence-corrected chi connectivity index (χ1v) is 7.92. The van der Waals surface area contributed by atoms with Gasteiger partial charge in [-0.15, -0.1) is 10.2 Å². The summed E-state index contributed by atoms with van der Waals surface area (Å²) in [5, 5.41) is 13.1. The Bertz CT molecular complexity index is 631. The predicted octanol–water partition coefficient (Wildman–Crippen LogP) is 2.03. The van der Waals surface area contributed by atoms with Gasteiger partial charge < -0.3 is 10.2 Å². The Morgan fingerprint density at radius 2 is 2.05 bits per heavy atom. The topological polar surface area (TPSA) is 58.1 Å². The summed E-state index contributed by atoms with van der Waals surface area (Å²) in [5.41, 5.74) is 1.96. The maximum absolute atomic E-state index is 12.1. The monoisotopic (exact) mass is 302 g/mol. The van der Waals surface area contributed by atoms with Crippen LogP contribution in [0.2, 0.25) is 0 Å². The third-order valence-electron chi connectivity index (χ3n) is 3.63. The van der Waals surface area contributed by atoms with E-state index in [0.29, 0.717) is 0 Å². The fraction of sp³-hybridized carbons (Fsp3) is 0.400. The molecule has 2 heterocycles. The summed E-state index contributed by atoms with van der Waals surface area (Å²) in [4.78, 5) is 14.3. The highest BCUT2D eigenvalue weighted by atomic mass is 32.1. The van der Waals surface area contributed by atoms with E-state index in [2.05, 4.69) is 27.3 Å². The van der Waals surface area contributed by atoms with Gasteiger partial charge in [-0.2, -0.15) is 0 Å². The number of rotatable bonds is 4. The zero-order valence-electron chi connectivity index (χ0n) is 12.2. The van der Waals surface area contributed by atoms with Crippen LogP contribution in [0.5, 0.6) is 0 Å². The van der Waals surface area contributed by atoms with E-state index < -0.39 is 0 Å². The second-order valence-corrected chi connectivity index (χ2v) is 6.39. The summed E-state index contributed by atoms with van der Waals surface area (Å²) < 4.78 is 0. The number of carbonyl (C=O) groups is 1. The molecule has 1 aromatic carbocycles. The number of anilines is 1. The molecule has 1 saturated heterocycles. The van der Waals surface area contributed by atoms with Crippen LogP contribution in [0.3, 0.4) is 0 Å². The second kappa shape index (κ2) is 5.81. The molecule has 6 heteroatoms. The summed E-state index contributed by atoms with van der Waals surface area (Å²) in [6.07, 6.45) is 0.987. The Labute approximate surface area is 128 Å². The van der Waals surface area contributed by atoms with Gasteiger partial charge >= 0.3 is 0 Å². The molecule has 0 radical (unpaired) electrons. The van der Waals surface area contributed by atoms with Crippen LogP contribution in [0.4, 0.5) is 5.13 Å². The van der Waals surface area contributed by atoms with E-state index in [-0.39, 0.29) is 11.9 Å².